The van der Waals surface area contributed by atoms with E-state index in [1.54, 1.807) is 6.07 Å². The molecule has 2 aromatic rings. The average Bonchev–Trinajstić information content (AvgIpc) is 2.57. The van der Waals surface area contributed by atoms with Crippen molar-refractivity contribution in [2.45, 2.75) is 36.0 Å². The van der Waals surface area contributed by atoms with E-state index in [-0.39, 0.29) is 18.1 Å². The van der Waals surface area contributed by atoms with Crippen LogP contribution in [0.2, 0.25) is 0 Å². The van der Waals surface area contributed by atoms with E-state index in [1.165, 1.54) is 0 Å². The molecule has 1 fully saturated rings. The highest BCUT2D eigenvalue weighted by Crippen LogP contribution is 2.34. The number of nitrogens with zero attached hydrogens (tertiary/aromatic N) is 1. The Morgan fingerprint density at radius 3 is 2.38 bits per heavy atom. The molecule has 3 atom stereocenters. The van der Waals surface area contributed by atoms with Gasteiger partial charge in [-0.3, -0.25) is 9.69 Å². The Kier molecular flexibility index (Phi) is 6.00. The minimum absolute atomic E-state index is 0.0111. The van der Waals surface area contributed by atoms with E-state index in [4.69, 9.17) is 39.5 Å². The number of hydrogen-bond donors (Lipinski definition) is 1. The van der Waals surface area contributed by atoms with Gasteiger partial charge in [-0.2, -0.15) is 0 Å². The number of rotatable bonds is 3. The van der Waals surface area contributed by atoms with Crippen molar-refractivity contribution >= 4 is 51.5 Å². The Bertz CT molecular complexity index is 778. The topological polar surface area (TPSA) is 41.6 Å². The summed E-state index contributed by atoms with van der Waals surface area (Å²) in [5.41, 5.74) is 0.553. The largest absolute Gasteiger partial charge is 0.373 e. The third-order valence-corrected chi connectivity index (χ3v) is 5.05. The molecule has 140 valence electrons. The summed E-state index contributed by atoms with van der Waals surface area (Å²) in [5.74, 6) is -0.273. The zero-order chi connectivity index (χ0) is 18.9. The second kappa shape index (κ2) is 7.91. The molecule has 7 heteroatoms. The summed E-state index contributed by atoms with van der Waals surface area (Å²) in [5, 5.41) is 4.76. The average molecular weight is 416 g/mol. The Morgan fingerprint density at radius 1 is 1.12 bits per heavy atom. The minimum Gasteiger partial charge on any atom is -0.373 e. The van der Waals surface area contributed by atoms with E-state index < -0.39 is 9.96 Å². The molecule has 3 unspecified atom stereocenters. The summed E-state index contributed by atoms with van der Waals surface area (Å²) in [6.45, 7) is 5.06. The molecule has 1 amide bonds. The van der Waals surface area contributed by atoms with Crippen LogP contribution in [0.25, 0.3) is 10.8 Å². The lowest BCUT2D eigenvalue weighted by atomic mass is 10.0. The van der Waals surface area contributed by atoms with Gasteiger partial charge >= 0.3 is 0 Å². The van der Waals surface area contributed by atoms with Crippen LogP contribution in [0.15, 0.2) is 42.5 Å². The maximum atomic E-state index is 13.0. The fraction of sp³-hybridized carbons (Fsp3) is 0.421. The maximum absolute atomic E-state index is 13.0. The van der Waals surface area contributed by atoms with Crippen molar-refractivity contribution in [1.82, 2.24) is 10.2 Å². The van der Waals surface area contributed by atoms with Crippen LogP contribution in [-0.4, -0.2) is 46.1 Å². The van der Waals surface area contributed by atoms with Crippen molar-refractivity contribution in [2.75, 3.05) is 13.1 Å². The van der Waals surface area contributed by atoms with Crippen LogP contribution in [0.1, 0.15) is 24.2 Å². The summed E-state index contributed by atoms with van der Waals surface area (Å²) >= 11 is 18.6. The third kappa shape index (κ3) is 4.44. The first-order valence-corrected chi connectivity index (χ1v) is 9.64. The number of alkyl halides is 3. The van der Waals surface area contributed by atoms with E-state index in [2.05, 4.69) is 5.32 Å². The molecular formula is C19H21Cl3N2O2. The first-order valence-electron chi connectivity index (χ1n) is 8.50. The van der Waals surface area contributed by atoms with Gasteiger partial charge in [-0.15, -0.1) is 0 Å². The number of amides is 1. The van der Waals surface area contributed by atoms with Gasteiger partial charge in [0.25, 0.3) is 5.91 Å². The molecule has 0 saturated carbocycles. The molecule has 0 aliphatic carbocycles. The van der Waals surface area contributed by atoms with Gasteiger partial charge in [0.15, 0.2) is 0 Å². The molecule has 1 N–H and O–H groups in total. The fourth-order valence-electron chi connectivity index (χ4n) is 3.43. The molecule has 1 aliphatic heterocycles. The third-order valence-electron chi connectivity index (χ3n) is 4.43. The predicted molar refractivity (Wildman–Crippen MR) is 107 cm³/mol. The van der Waals surface area contributed by atoms with Crippen LogP contribution >= 0.6 is 34.8 Å². The molecule has 4 nitrogen and oxygen atoms in total. The van der Waals surface area contributed by atoms with Gasteiger partial charge < -0.3 is 10.1 Å². The Morgan fingerprint density at radius 2 is 1.73 bits per heavy atom. The number of morpholine rings is 1. The van der Waals surface area contributed by atoms with Crippen LogP contribution in [0, 0.1) is 0 Å². The van der Waals surface area contributed by atoms with E-state index in [9.17, 15) is 4.79 Å². The quantitative estimate of drug-likeness (QED) is 0.757. The molecule has 1 heterocycles. The summed E-state index contributed by atoms with van der Waals surface area (Å²) < 4.78 is 4.07. The number of hydrogen-bond acceptors (Lipinski definition) is 3. The van der Waals surface area contributed by atoms with Crippen LogP contribution in [0.4, 0.5) is 0 Å². The van der Waals surface area contributed by atoms with Gasteiger partial charge in [0.05, 0.1) is 12.2 Å². The Balaban J connectivity index is 1.88. The van der Waals surface area contributed by atoms with Crippen molar-refractivity contribution < 1.29 is 9.53 Å². The van der Waals surface area contributed by atoms with Crippen molar-refractivity contribution in [2.24, 2.45) is 0 Å². The van der Waals surface area contributed by atoms with Crippen LogP contribution < -0.4 is 5.32 Å². The second-order valence-electron chi connectivity index (χ2n) is 6.66. The van der Waals surface area contributed by atoms with Gasteiger partial charge in [-0.05, 0) is 30.7 Å². The molecule has 1 saturated heterocycles. The summed E-state index contributed by atoms with van der Waals surface area (Å²) in [6, 6.07) is 13.3. The molecule has 26 heavy (non-hydrogen) atoms. The molecule has 0 aromatic heterocycles. The van der Waals surface area contributed by atoms with E-state index >= 15 is 0 Å². The number of fused-ring (bicyclic) bond motifs is 1. The van der Waals surface area contributed by atoms with E-state index in [1.807, 2.05) is 55.1 Å². The van der Waals surface area contributed by atoms with Crippen LogP contribution in [-0.2, 0) is 4.74 Å². The van der Waals surface area contributed by atoms with Gasteiger partial charge in [0.1, 0.15) is 6.17 Å². The highest BCUT2D eigenvalue weighted by atomic mass is 35.6. The standard InChI is InChI=1S/C19H21Cl3N2O2/c1-12-10-24(11-13(2)26-12)18(19(20,21)22)23-17(25)16-9-5-7-14-6-3-4-8-15(14)16/h3-9,12-13,18H,10-11H2,1-2H3,(H,23,25). The lowest BCUT2D eigenvalue weighted by molar-refractivity contribution is -0.0826. The smallest absolute Gasteiger partial charge is 0.253 e. The predicted octanol–water partition coefficient (Wildman–Crippen LogP) is 4.38. The molecule has 0 spiro atoms. The van der Waals surface area contributed by atoms with Crippen molar-refractivity contribution in [3.05, 3.63) is 48.0 Å². The molecule has 3 rings (SSSR count). The molecule has 1 aliphatic rings. The number of halogens is 3. The minimum atomic E-state index is -1.67. The number of benzene rings is 2. The molecule has 0 bridgehead atoms. The summed E-state index contributed by atoms with van der Waals surface area (Å²) in [6.07, 6.45) is -0.779. The van der Waals surface area contributed by atoms with E-state index in [0.717, 1.165) is 10.8 Å². The molecular weight excluding hydrogens is 395 g/mol. The second-order valence-corrected chi connectivity index (χ2v) is 9.02. The zero-order valence-corrected chi connectivity index (χ0v) is 16.9. The Labute approximate surface area is 168 Å². The monoisotopic (exact) mass is 414 g/mol. The highest BCUT2D eigenvalue weighted by molar-refractivity contribution is 6.68. The number of ether oxygens (including phenoxy) is 1. The lowest BCUT2D eigenvalue weighted by Crippen LogP contribution is -2.60. The SMILES string of the molecule is CC1CN(C(NC(=O)c2cccc3ccccc23)C(Cl)(Cl)Cl)CC(C)O1. The van der Waals surface area contributed by atoms with Gasteiger partial charge in [-0.1, -0.05) is 71.2 Å². The highest BCUT2D eigenvalue weighted by Gasteiger charge is 2.41. The molecule has 0 radical (unpaired) electrons. The molecule has 2 aromatic carbocycles. The normalized spacial score (nSPS) is 23.0. The van der Waals surface area contributed by atoms with Gasteiger partial charge in [0, 0.05) is 18.7 Å². The fourth-order valence-corrected chi connectivity index (χ4v) is 4.01. The van der Waals surface area contributed by atoms with Gasteiger partial charge in [-0.25, -0.2) is 0 Å². The zero-order valence-electron chi connectivity index (χ0n) is 14.6. The van der Waals surface area contributed by atoms with Crippen molar-refractivity contribution in [1.29, 1.82) is 0 Å². The number of nitrogens with one attached hydrogen (secondary N) is 1. The maximum Gasteiger partial charge on any atom is 0.253 e. The van der Waals surface area contributed by atoms with Crippen molar-refractivity contribution in [3.63, 3.8) is 0 Å². The Hall–Kier alpha value is -1.04. The number of carbonyl (C=O) groups is 1. The first-order chi connectivity index (χ1) is 12.3. The van der Waals surface area contributed by atoms with Crippen molar-refractivity contribution in [3.8, 4) is 0 Å². The first kappa shape index (κ1) is 19.7. The van der Waals surface area contributed by atoms with Gasteiger partial charge in [0.2, 0.25) is 3.79 Å². The van der Waals surface area contributed by atoms with E-state index in [0.29, 0.717) is 18.7 Å². The van der Waals surface area contributed by atoms with Crippen LogP contribution in [0.3, 0.4) is 0 Å². The van der Waals surface area contributed by atoms with Crippen LogP contribution in [0.5, 0.6) is 0 Å². The lowest BCUT2D eigenvalue weighted by Gasteiger charge is -2.42. The summed E-state index contributed by atoms with van der Waals surface area (Å²) in [4.78, 5) is 14.9. The summed E-state index contributed by atoms with van der Waals surface area (Å²) in [7, 11) is 0. The number of carbonyl (C=O) groups excluding carboxylic acids is 1.